The zero-order valence-corrected chi connectivity index (χ0v) is 12.5. The molecule has 3 N–H and O–H groups in total. The largest absolute Gasteiger partial charge is 0.399 e. The van der Waals surface area contributed by atoms with Gasteiger partial charge in [-0.25, -0.2) is 0 Å². The van der Waals surface area contributed by atoms with Gasteiger partial charge in [0, 0.05) is 16.3 Å². The second kappa shape index (κ2) is 6.48. The van der Waals surface area contributed by atoms with Crippen LogP contribution in [-0.2, 0) is 4.79 Å². The number of carbonyl (C=O) groups excluding carboxylic acids is 1. The van der Waals surface area contributed by atoms with E-state index in [2.05, 4.69) is 11.4 Å². The smallest absolute Gasteiger partial charge is 0.234 e. The van der Waals surface area contributed by atoms with Gasteiger partial charge in [0.05, 0.1) is 5.75 Å². The zero-order valence-electron chi connectivity index (χ0n) is 11.6. The maximum Gasteiger partial charge on any atom is 0.234 e. The van der Waals surface area contributed by atoms with Crippen molar-refractivity contribution in [2.45, 2.75) is 18.7 Å². The van der Waals surface area contributed by atoms with Crippen molar-refractivity contribution in [3.8, 4) is 0 Å². The average molecular weight is 286 g/mol. The third kappa shape index (κ3) is 4.03. The first kappa shape index (κ1) is 14.5. The molecule has 2 rings (SSSR count). The number of aryl methyl sites for hydroxylation is 2. The van der Waals surface area contributed by atoms with Gasteiger partial charge in [-0.05, 0) is 43.7 Å². The Labute approximate surface area is 123 Å². The lowest BCUT2D eigenvalue weighted by atomic mass is 10.1. The number of amides is 1. The van der Waals surface area contributed by atoms with Crippen LogP contribution in [0.3, 0.4) is 0 Å². The Bertz CT molecular complexity index is 626. The average Bonchev–Trinajstić information content (AvgIpc) is 2.40. The van der Waals surface area contributed by atoms with E-state index in [9.17, 15) is 4.79 Å². The molecule has 2 aromatic rings. The molecule has 0 aliphatic carbocycles. The van der Waals surface area contributed by atoms with Gasteiger partial charge in [-0.1, -0.05) is 23.8 Å². The number of carbonyl (C=O) groups is 1. The van der Waals surface area contributed by atoms with Gasteiger partial charge in [0.25, 0.3) is 0 Å². The van der Waals surface area contributed by atoms with Crippen LogP contribution in [0.25, 0.3) is 0 Å². The molecule has 20 heavy (non-hydrogen) atoms. The van der Waals surface area contributed by atoms with E-state index in [4.69, 9.17) is 5.73 Å². The number of benzene rings is 2. The molecule has 1 amide bonds. The highest BCUT2D eigenvalue weighted by molar-refractivity contribution is 8.00. The van der Waals surface area contributed by atoms with Crippen molar-refractivity contribution >= 4 is 29.0 Å². The predicted molar refractivity (Wildman–Crippen MR) is 86.1 cm³/mol. The van der Waals surface area contributed by atoms with E-state index in [1.807, 2.05) is 50.2 Å². The molecule has 3 nitrogen and oxygen atoms in total. The van der Waals surface area contributed by atoms with Crippen LogP contribution in [0.5, 0.6) is 0 Å². The summed E-state index contributed by atoms with van der Waals surface area (Å²) in [5.41, 5.74) is 9.56. The van der Waals surface area contributed by atoms with Crippen molar-refractivity contribution < 1.29 is 4.79 Å². The van der Waals surface area contributed by atoms with Gasteiger partial charge in [-0.2, -0.15) is 0 Å². The Morgan fingerprint density at radius 3 is 2.70 bits per heavy atom. The van der Waals surface area contributed by atoms with Crippen LogP contribution in [-0.4, -0.2) is 11.7 Å². The summed E-state index contributed by atoms with van der Waals surface area (Å²) in [5, 5.41) is 2.93. The second-order valence-corrected chi connectivity index (χ2v) is 5.78. The van der Waals surface area contributed by atoms with Gasteiger partial charge >= 0.3 is 0 Å². The molecule has 0 aromatic heterocycles. The molecule has 0 heterocycles. The second-order valence-electron chi connectivity index (χ2n) is 4.73. The third-order valence-corrected chi connectivity index (χ3v) is 3.88. The van der Waals surface area contributed by atoms with Crippen LogP contribution in [0.4, 0.5) is 11.4 Å². The van der Waals surface area contributed by atoms with Crippen LogP contribution in [0.15, 0.2) is 47.4 Å². The Morgan fingerprint density at radius 1 is 1.20 bits per heavy atom. The topological polar surface area (TPSA) is 55.1 Å². The Morgan fingerprint density at radius 2 is 2.00 bits per heavy atom. The first-order chi connectivity index (χ1) is 9.54. The highest BCUT2D eigenvalue weighted by Gasteiger charge is 2.06. The Balaban J connectivity index is 1.92. The highest BCUT2D eigenvalue weighted by Crippen LogP contribution is 2.21. The monoisotopic (exact) mass is 286 g/mol. The predicted octanol–water partition coefficient (Wildman–Crippen LogP) is 3.62. The molecular formula is C16H18N2OS. The van der Waals surface area contributed by atoms with E-state index >= 15 is 0 Å². The lowest BCUT2D eigenvalue weighted by Crippen LogP contribution is -2.14. The fourth-order valence-corrected chi connectivity index (χ4v) is 2.66. The lowest BCUT2D eigenvalue weighted by Gasteiger charge is -2.09. The zero-order chi connectivity index (χ0) is 14.5. The SMILES string of the molecule is Cc1ccc(NC(=O)CSc2cccc(N)c2)c(C)c1. The summed E-state index contributed by atoms with van der Waals surface area (Å²) < 4.78 is 0. The van der Waals surface area contributed by atoms with Crippen molar-refractivity contribution in [1.82, 2.24) is 0 Å². The van der Waals surface area contributed by atoms with Gasteiger partial charge < -0.3 is 11.1 Å². The molecular weight excluding hydrogens is 268 g/mol. The molecule has 0 atom stereocenters. The number of anilines is 2. The summed E-state index contributed by atoms with van der Waals surface area (Å²) in [6.45, 7) is 4.03. The number of nitrogen functional groups attached to an aromatic ring is 1. The summed E-state index contributed by atoms with van der Waals surface area (Å²) in [4.78, 5) is 12.9. The summed E-state index contributed by atoms with van der Waals surface area (Å²) in [7, 11) is 0. The van der Waals surface area contributed by atoms with Crippen molar-refractivity contribution in [2.75, 3.05) is 16.8 Å². The number of rotatable bonds is 4. The van der Waals surface area contributed by atoms with Crippen LogP contribution < -0.4 is 11.1 Å². The summed E-state index contributed by atoms with van der Waals surface area (Å²) in [6.07, 6.45) is 0. The molecule has 0 radical (unpaired) electrons. The summed E-state index contributed by atoms with van der Waals surface area (Å²) in [5.74, 6) is 0.362. The van der Waals surface area contributed by atoms with Gasteiger partial charge in [0.1, 0.15) is 0 Å². The van der Waals surface area contributed by atoms with Gasteiger partial charge in [0.2, 0.25) is 5.91 Å². The van der Waals surface area contributed by atoms with E-state index < -0.39 is 0 Å². The molecule has 0 unspecified atom stereocenters. The third-order valence-electron chi connectivity index (χ3n) is 2.88. The minimum atomic E-state index is -0.00984. The van der Waals surface area contributed by atoms with E-state index in [1.54, 1.807) is 0 Å². The first-order valence-electron chi connectivity index (χ1n) is 6.40. The number of hydrogen-bond donors (Lipinski definition) is 2. The van der Waals surface area contributed by atoms with Crippen molar-refractivity contribution in [3.05, 3.63) is 53.6 Å². The van der Waals surface area contributed by atoms with Crippen LogP contribution in [0.1, 0.15) is 11.1 Å². The minimum absolute atomic E-state index is 0.00984. The Kier molecular flexibility index (Phi) is 4.69. The molecule has 0 saturated heterocycles. The molecule has 2 aromatic carbocycles. The normalized spacial score (nSPS) is 10.3. The molecule has 0 saturated carbocycles. The Hall–Kier alpha value is -1.94. The molecule has 0 spiro atoms. The van der Waals surface area contributed by atoms with Crippen LogP contribution in [0, 0.1) is 13.8 Å². The molecule has 0 aliphatic heterocycles. The minimum Gasteiger partial charge on any atom is -0.399 e. The quantitative estimate of drug-likeness (QED) is 0.667. The number of nitrogens with one attached hydrogen (secondary N) is 1. The molecule has 0 fully saturated rings. The van der Waals surface area contributed by atoms with E-state index in [-0.39, 0.29) is 5.91 Å². The van der Waals surface area contributed by atoms with E-state index in [0.29, 0.717) is 11.4 Å². The number of hydrogen-bond acceptors (Lipinski definition) is 3. The van der Waals surface area contributed by atoms with Gasteiger partial charge in [-0.15, -0.1) is 11.8 Å². The van der Waals surface area contributed by atoms with E-state index in [1.165, 1.54) is 17.3 Å². The fraction of sp³-hybridized carbons (Fsp3) is 0.188. The summed E-state index contributed by atoms with van der Waals surface area (Å²) >= 11 is 1.48. The maximum absolute atomic E-state index is 11.9. The van der Waals surface area contributed by atoms with Crippen molar-refractivity contribution in [1.29, 1.82) is 0 Å². The van der Waals surface area contributed by atoms with Crippen LogP contribution in [0.2, 0.25) is 0 Å². The summed E-state index contributed by atoms with van der Waals surface area (Å²) in [6, 6.07) is 13.5. The van der Waals surface area contributed by atoms with Gasteiger partial charge in [0.15, 0.2) is 0 Å². The molecule has 4 heteroatoms. The molecule has 0 bridgehead atoms. The standard InChI is InChI=1S/C16H18N2OS/c1-11-6-7-15(12(2)8-11)18-16(19)10-20-14-5-3-4-13(17)9-14/h3-9H,10,17H2,1-2H3,(H,18,19). The fourth-order valence-electron chi connectivity index (χ4n) is 1.89. The van der Waals surface area contributed by atoms with E-state index in [0.717, 1.165) is 16.1 Å². The van der Waals surface area contributed by atoms with Gasteiger partial charge in [-0.3, -0.25) is 4.79 Å². The lowest BCUT2D eigenvalue weighted by molar-refractivity contribution is -0.113. The number of thioether (sulfide) groups is 1. The first-order valence-corrected chi connectivity index (χ1v) is 7.38. The van der Waals surface area contributed by atoms with Crippen LogP contribution >= 0.6 is 11.8 Å². The molecule has 0 aliphatic rings. The maximum atomic E-state index is 11.9. The van der Waals surface area contributed by atoms with Crippen molar-refractivity contribution in [3.63, 3.8) is 0 Å². The number of nitrogens with two attached hydrogens (primary N) is 1. The van der Waals surface area contributed by atoms with Crippen molar-refractivity contribution in [2.24, 2.45) is 0 Å². The highest BCUT2D eigenvalue weighted by atomic mass is 32.2. The molecule has 104 valence electrons.